The molecule has 0 aliphatic heterocycles. The number of rotatable bonds is 3. The minimum absolute atomic E-state index is 0.219. The van der Waals surface area contributed by atoms with E-state index >= 15 is 0 Å². The number of nitrogens with two attached hydrogens (primary N) is 1. The summed E-state index contributed by atoms with van der Waals surface area (Å²) in [6, 6.07) is 3.82. The zero-order valence-electron chi connectivity index (χ0n) is 8.94. The third kappa shape index (κ3) is 2.63. The number of amides is 2. The van der Waals surface area contributed by atoms with E-state index in [-0.39, 0.29) is 5.56 Å². The first-order valence-corrected chi connectivity index (χ1v) is 4.41. The number of carbonyl (C=O) groups is 2. The molecule has 86 valence electrons. The van der Waals surface area contributed by atoms with Crippen molar-refractivity contribution in [2.24, 2.45) is 5.73 Å². The molecule has 0 aliphatic carbocycles. The van der Waals surface area contributed by atoms with Gasteiger partial charge in [0, 0.05) is 5.69 Å². The van der Waals surface area contributed by atoms with Crippen molar-refractivity contribution in [1.29, 1.82) is 0 Å². The zero-order chi connectivity index (χ0) is 12.1. The molecule has 0 atom stereocenters. The van der Waals surface area contributed by atoms with Crippen LogP contribution in [0.25, 0.3) is 0 Å². The van der Waals surface area contributed by atoms with Crippen molar-refractivity contribution in [2.45, 2.75) is 0 Å². The van der Waals surface area contributed by atoms with Gasteiger partial charge in [-0.15, -0.1) is 0 Å². The van der Waals surface area contributed by atoms with Gasteiger partial charge in [0.15, 0.2) is 0 Å². The van der Waals surface area contributed by atoms with Crippen LogP contribution >= 0.6 is 0 Å². The average Bonchev–Trinajstić information content (AvgIpc) is 2.27. The van der Waals surface area contributed by atoms with E-state index in [1.807, 2.05) is 0 Å². The van der Waals surface area contributed by atoms with E-state index < -0.39 is 12.0 Å². The van der Waals surface area contributed by atoms with E-state index in [0.29, 0.717) is 11.4 Å². The fourth-order valence-electron chi connectivity index (χ4n) is 1.20. The lowest BCUT2D eigenvalue weighted by Crippen LogP contribution is -2.19. The van der Waals surface area contributed by atoms with Gasteiger partial charge < -0.3 is 20.5 Å². The van der Waals surface area contributed by atoms with Gasteiger partial charge in [-0.05, 0) is 18.2 Å². The van der Waals surface area contributed by atoms with E-state index in [0.717, 1.165) is 0 Å². The molecule has 0 radical (unpaired) electrons. The predicted octanol–water partition coefficient (Wildman–Crippen LogP) is 0.972. The molecular formula is C10H12N2O4. The Bertz CT molecular complexity index is 417. The molecule has 6 nitrogen and oxygen atoms in total. The first-order valence-electron chi connectivity index (χ1n) is 4.41. The van der Waals surface area contributed by atoms with E-state index in [1.165, 1.54) is 26.4 Å². The Morgan fingerprint density at radius 1 is 1.31 bits per heavy atom. The van der Waals surface area contributed by atoms with Crippen LogP contribution in [0.3, 0.4) is 0 Å². The second kappa shape index (κ2) is 5.01. The van der Waals surface area contributed by atoms with Gasteiger partial charge in [-0.3, -0.25) is 0 Å². The summed E-state index contributed by atoms with van der Waals surface area (Å²) in [5.41, 5.74) is 5.57. The monoisotopic (exact) mass is 224 g/mol. The van der Waals surface area contributed by atoms with Crippen LogP contribution in [0.1, 0.15) is 10.4 Å². The summed E-state index contributed by atoms with van der Waals surface area (Å²) in [6.07, 6.45) is 0. The molecule has 1 aromatic carbocycles. The topological polar surface area (TPSA) is 90.6 Å². The number of carbonyl (C=O) groups excluding carboxylic acids is 2. The second-order valence-corrected chi connectivity index (χ2v) is 2.90. The summed E-state index contributed by atoms with van der Waals surface area (Å²) in [5, 5.41) is 2.35. The molecular weight excluding hydrogens is 212 g/mol. The maximum absolute atomic E-state index is 11.4. The largest absolute Gasteiger partial charge is 0.496 e. The van der Waals surface area contributed by atoms with Gasteiger partial charge in [0.1, 0.15) is 11.3 Å². The summed E-state index contributed by atoms with van der Waals surface area (Å²) in [5.74, 6) is -0.188. The highest BCUT2D eigenvalue weighted by atomic mass is 16.5. The van der Waals surface area contributed by atoms with Gasteiger partial charge in [0.25, 0.3) is 0 Å². The first kappa shape index (κ1) is 11.8. The number of benzene rings is 1. The number of anilines is 1. The lowest BCUT2D eigenvalue weighted by Gasteiger charge is -2.09. The molecule has 0 saturated heterocycles. The Hall–Kier alpha value is -2.24. The van der Waals surface area contributed by atoms with Crippen LogP contribution in [-0.2, 0) is 4.74 Å². The highest BCUT2D eigenvalue weighted by Gasteiger charge is 2.13. The van der Waals surface area contributed by atoms with E-state index in [1.54, 1.807) is 6.07 Å². The van der Waals surface area contributed by atoms with Gasteiger partial charge in [-0.2, -0.15) is 0 Å². The van der Waals surface area contributed by atoms with Crippen molar-refractivity contribution in [3.8, 4) is 5.75 Å². The molecule has 0 heterocycles. The molecule has 0 fully saturated rings. The van der Waals surface area contributed by atoms with Gasteiger partial charge in [-0.1, -0.05) is 0 Å². The molecule has 1 rings (SSSR count). The van der Waals surface area contributed by atoms with Gasteiger partial charge >= 0.3 is 12.0 Å². The highest BCUT2D eigenvalue weighted by Crippen LogP contribution is 2.23. The summed E-state index contributed by atoms with van der Waals surface area (Å²) >= 11 is 0. The van der Waals surface area contributed by atoms with Gasteiger partial charge in [0.05, 0.1) is 14.2 Å². The normalized spacial score (nSPS) is 9.38. The summed E-state index contributed by atoms with van der Waals surface area (Å²) in [7, 11) is 2.69. The van der Waals surface area contributed by atoms with Crippen LogP contribution in [0.5, 0.6) is 5.75 Å². The molecule has 16 heavy (non-hydrogen) atoms. The number of hydrogen-bond donors (Lipinski definition) is 2. The van der Waals surface area contributed by atoms with Gasteiger partial charge in [-0.25, -0.2) is 9.59 Å². The third-order valence-electron chi connectivity index (χ3n) is 1.87. The molecule has 0 unspecified atom stereocenters. The van der Waals surface area contributed by atoms with Crippen LogP contribution in [0, 0.1) is 0 Å². The number of urea groups is 1. The molecule has 3 N–H and O–H groups in total. The minimum Gasteiger partial charge on any atom is -0.496 e. The Balaban J connectivity index is 3.10. The molecule has 0 aliphatic rings. The lowest BCUT2D eigenvalue weighted by atomic mass is 10.2. The number of nitrogens with one attached hydrogen (secondary N) is 1. The molecule has 0 bridgehead atoms. The first-order chi connectivity index (χ1) is 7.58. The third-order valence-corrected chi connectivity index (χ3v) is 1.87. The highest BCUT2D eigenvalue weighted by molar-refractivity contribution is 5.95. The summed E-state index contributed by atoms with van der Waals surface area (Å²) < 4.78 is 9.56. The minimum atomic E-state index is -0.707. The summed E-state index contributed by atoms with van der Waals surface area (Å²) in [4.78, 5) is 22.0. The van der Waals surface area contributed by atoms with Crippen molar-refractivity contribution in [1.82, 2.24) is 0 Å². The fourth-order valence-corrected chi connectivity index (χ4v) is 1.20. The number of primary amides is 1. The molecule has 0 aromatic heterocycles. The van der Waals surface area contributed by atoms with Crippen LogP contribution in [-0.4, -0.2) is 26.2 Å². The molecule has 0 saturated carbocycles. The van der Waals surface area contributed by atoms with Crippen LogP contribution < -0.4 is 15.8 Å². The molecule has 2 amide bonds. The molecule has 0 spiro atoms. The Kier molecular flexibility index (Phi) is 3.71. The standard InChI is InChI=1S/C10H12N2O4/c1-15-8-4-3-6(12-10(11)14)5-7(8)9(13)16-2/h3-5H,1-2H3,(H3,11,12,14). The van der Waals surface area contributed by atoms with Crippen molar-refractivity contribution in [3.63, 3.8) is 0 Å². The number of ether oxygens (including phenoxy) is 2. The quantitative estimate of drug-likeness (QED) is 0.748. The number of hydrogen-bond acceptors (Lipinski definition) is 4. The second-order valence-electron chi connectivity index (χ2n) is 2.90. The summed E-state index contributed by atoms with van der Waals surface area (Å²) in [6.45, 7) is 0. The van der Waals surface area contributed by atoms with Crippen LogP contribution in [0.4, 0.5) is 10.5 Å². The maximum Gasteiger partial charge on any atom is 0.341 e. The van der Waals surface area contributed by atoms with Crippen molar-refractivity contribution >= 4 is 17.7 Å². The number of esters is 1. The van der Waals surface area contributed by atoms with Gasteiger partial charge in [0.2, 0.25) is 0 Å². The zero-order valence-corrected chi connectivity index (χ0v) is 8.94. The van der Waals surface area contributed by atoms with E-state index in [2.05, 4.69) is 10.1 Å². The lowest BCUT2D eigenvalue weighted by molar-refractivity contribution is 0.0597. The maximum atomic E-state index is 11.4. The van der Waals surface area contributed by atoms with Crippen LogP contribution in [0.2, 0.25) is 0 Å². The fraction of sp³-hybridized carbons (Fsp3) is 0.200. The SMILES string of the molecule is COC(=O)c1cc(NC(N)=O)ccc1OC. The van der Waals surface area contributed by atoms with Crippen molar-refractivity contribution in [2.75, 3.05) is 19.5 Å². The Labute approximate surface area is 92.3 Å². The van der Waals surface area contributed by atoms with Crippen LogP contribution in [0.15, 0.2) is 18.2 Å². The van der Waals surface area contributed by atoms with E-state index in [4.69, 9.17) is 10.5 Å². The van der Waals surface area contributed by atoms with Crippen molar-refractivity contribution < 1.29 is 19.1 Å². The Morgan fingerprint density at radius 2 is 2.00 bits per heavy atom. The van der Waals surface area contributed by atoms with Crippen molar-refractivity contribution in [3.05, 3.63) is 23.8 Å². The smallest absolute Gasteiger partial charge is 0.341 e. The average molecular weight is 224 g/mol. The number of methoxy groups -OCH3 is 2. The van der Waals surface area contributed by atoms with E-state index in [9.17, 15) is 9.59 Å². The Morgan fingerprint density at radius 3 is 2.50 bits per heavy atom. The molecule has 6 heteroatoms. The predicted molar refractivity (Wildman–Crippen MR) is 57.5 cm³/mol. The molecule has 1 aromatic rings.